The summed E-state index contributed by atoms with van der Waals surface area (Å²) >= 11 is 0. The van der Waals surface area contributed by atoms with Crippen LogP contribution in [0, 0.1) is 0 Å². The highest BCUT2D eigenvalue weighted by molar-refractivity contribution is 5.71. The first-order valence-electron chi connectivity index (χ1n) is 35.7. The van der Waals surface area contributed by atoms with Gasteiger partial charge in [0.15, 0.2) is 6.10 Å². The first-order valence-corrected chi connectivity index (χ1v) is 35.7. The number of allylic oxidation sites excluding steroid dienone is 16. The van der Waals surface area contributed by atoms with Gasteiger partial charge in [-0.1, -0.05) is 317 Å². The number of carbonyl (C=O) groups is 3. The predicted molar refractivity (Wildman–Crippen MR) is 362 cm³/mol. The molecule has 0 bridgehead atoms. The Labute approximate surface area is 515 Å². The van der Waals surface area contributed by atoms with Crippen LogP contribution in [0.3, 0.4) is 0 Å². The summed E-state index contributed by atoms with van der Waals surface area (Å²) in [5.41, 5.74) is 0. The first kappa shape index (κ1) is 79.3. The number of carbonyl (C=O) groups excluding carboxylic acids is 3. The molecule has 0 radical (unpaired) electrons. The monoisotopic (exact) mass is 1160 g/mol. The molecule has 0 aliphatic heterocycles. The van der Waals surface area contributed by atoms with Crippen LogP contribution in [0.4, 0.5) is 0 Å². The molecule has 0 aromatic carbocycles. The van der Waals surface area contributed by atoms with Gasteiger partial charge in [-0.3, -0.25) is 14.4 Å². The number of unbranched alkanes of at least 4 members (excludes halogenated alkanes) is 38. The van der Waals surface area contributed by atoms with Crippen LogP contribution in [0.2, 0.25) is 0 Å². The molecule has 0 aromatic rings. The highest BCUT2D eigenvalue weighted by Gasteiger charge is 2.19. The molecule has 0 saturated carbocycles. The highest BCUT2D eigenvalue weighted by atomic mass is 16.6. The van der Waals surface area contributed by atoms with Crippen LogP contribution in [0.1, 0.15) is 355 Å². The molecule has 0 fully saturated rings. The predicted octanol–water partition coefficient (Wildman–Crippen LogP) is 24.8. The summed E-state index contributed by atoms with van der Waals surface area (Å²) in [4.78, 5) is 38.4. The van der Waals surface area contributed by atoms with Crippen LogP contribution in [0.5, 0.6) is 0 Å². The van der Waals surface area contributed by atoms with Crippen molar-refractivity contribution in [1.82, 2.24) is 0 Å². The number of hydrogen-bond acceptors (Lipinski definition) is 6. The van der Waals surface area contributed by atoms with E-state index in [1.54, 1.807) is 0 Å². The fraction of sp³-hybridized carbons (Fsp3) is 0.753. The van der Waals surface area contributed by atoms with Crippen molar-refractivity contribution in [2.45, 2.75) is 361 Å². The summed E-state index contributed by atoms with van der Waals surface area (Å²) in [6.07, 6.45) is 95.9. The van der Waals surface area contributed by atoms with E-state index in [1.165, 1.54) is 199 Å². The van der Waals surface area contributed by atoms with Crippen LogP contribution < -0.4 is 0 Å². The lowest BCUT2D eigenvalue weighted by molar-refractivity contribution is -0.167. The van der Waals surface area contributed by atoms with Gasteiger partial charge in [0.25, 0.3) is 0 Å². The average molecular weight is 1160 g/mol. The minimum atomic E-state index is -0.786. The van der Waals surface area contributed by atoms with Gasteiger partial charge in [0.05, 0.1) is 0 Å². The highest BCUT2D eigenvalue weighted by Crippen LogP contribution is 2.18. The average Bonchev–Trinajstić information content (AvgIpc) is 3.49. The number of ether oxygens (including phenoxy) is 3. The largest absolute Gasteiger partial charge is 0.462 e. The quantitative estimate of drug-likeness (QED) is 0.0261. The van der Waals surface area contributed by atoms with Gasteiger partial charge in [-0.05, 0) is 116 Å². The summed E-state index contributed by atoms with van der Waals surface area (Å²) in [5.74, 6) is -0.881. The minimum absolute atomic E-state index is 0.0803. The maximum atomic E-state index is 12.9. The summed E-state index contributed by atoms with van der Waals surface area (Å²) in [5, 5.41) is 0. The van der Waals surface area contributed by atoms with E-state index in [9.17, 15) is 14.4 Å². The molecule has 0 N–H and O–H groups in total. The van der Waals surface area contributed by atoms with Crippen LogP contribution in [-0.2, 0) is 28.6 Å². The molecule has 1 unspecified atom stereocenters. The molecule has 83 heavy (non-hydrogen) atoms. The topological polar surface area (TPSA) is 78.9 Å². The molecule has 1 atom stereocenters. The Hall–Kier alpha value is -3.67. The fourth-order valence-corrected chi connectivity index (χ4v) is 10.3. The summed E-state index contributed by atoms with van der Waals surface area (Å²) in [6.45, 7) is 6.44. The molecular weight excluding hydrogens is 1020 g/mol. The first-order chi connectivity index (χ1) is 41.0. The summed E-state index contributed by atoms with van der Waals surface area (Å²) < 4.78 is 17.0. The summed E-state index contributed by atoms with van der Waals surface area (Å²) in [7, 11) is 0. The number of esters is 3. The third-order valence-electron chi connectivity index (χ3n) is 15.6. The van der Waals surface area contributed by atoms with Crippen molar-refractivity contribution < 1.29 is 28.6 Å². The maximum Gasteiger partial charge on any atom is 0.306 e. The van der Waals surface area contributed by atoms with E-state index in [0.29, 0.717) is 19.3 Å². The lowest BCUT2D eigenvalue weighted by atomic mass is 10.0. The molecule has 0 rings (SSSR count). The van der Waals surface area contributed by atoms with Crippen molar-refractivity contribution in [1.29, 1.82) is 0 Å². The molecular formula is C77H134O6. The van der Waals surface area contributed by atoms with Gasteiger partial charge >= 0.3 is 17.9 Å². The van der Waals surface area contributed by atoms with Gasteiger partial charge in [-0.25, -0.2) is 0 Å². The van der Waals surface area contributed by atoms with Crippen molar-refractivity contribution in [2.75, 3.05) is 13.2 Å². The molecule has 0 saturated heterocycles. The molecule has 6 nitrogen and oxygen atoms in total. The zero-order valence-corrected chi connectivity index (χ0v) is 54.9. The third-order valence-corrected chi connectivity index (χ3v) is 15.6. The minimum Gasteiger partial charge on any atom is -0.462 e. The van der Waals surface area contributed by atoms with Gasteiger partial charge in [-0.2, -0.15) is 0 Å². The second-order valence-corrected chi connectivity index (χ2v) is 23.7. The van der Waals surface area contributed by atoms with E-state index >= 15 is 0 Å². The van der Waals surface area contributed by atoms with Crippen LogP contribution >= 0.6 is 0 Å². The zero-order valence-electron chi connectivity index (χ0n) is 54.9. The van der Waals surface area contributed by atoms with Crippen LogP contribution in [-0.4, -0.2) is 37.2 Å². The normalized spacial score (nSPS) is 12.7. The Morgan fingerprint density at radius 2 is 0.470 bits per heavy atom. The van der Waals surface area contributed by atoms with Crippen molar-refractivity contribution in [2.24, 2.45) is 0 Å². The van der Waals surface area contributed by atoms with E-state index in [4.69, 9.17) is 14.2 Å². The third kappa shape index (κ3) is 69.0. The van der Waals surface area contributed by atoms with Crippen molar-refractivity contribution in [3.05, 3.63) is 97.2 Å². The van der Waals surface area contributed by atoms with E-state index in [1.807, 2.05) is 0 Å². The van der Waals surface area contributed by atoms with Gasteiger partial charge in [0.1, 0.15) is 13.2 Å². The molecule has 0 heterocycles. The lowest BCUT2D eigenvalue weighted by Crippen LogP contribution is -2.30. The van der Waals surface area contributed by atoms with Gasteiger partial charge in [-0.15, -0.1) is 0 Å². The molecule has 0 amide bonds. The Balaban J connectivity index is 4.19. The van der Waals surface area contributed by atoms with Crippen LogP contribution in [0.25, 0.3) is 0 Å². The molecule has 0 aromatic heterocycles. The molecule has 6 heteroatoms. The number of hydrogen-bond donors (Lipinski definition) is 0. The van der Waals surface area contributed by atoms with Crippen molar-refractivity contribution in [3.8, 4) is 0 Å². The summed E-state index contributed by atoms with van der Waals surface area (Å²) in [6, 6.07) is 0. The molecule has 0 aliphatic rings. The fourth-order valence-electron chi connectivity index (χ4n) is 10.3. The van der Waals surface area contributed by atoms with Crippen molar-refractivity contribution in [3.63, 3.8) is 0 Å². The SMILES string of the molecule is CC/C=C\C/C=C\C/C=C\C/C=C\CCCCCCCCCCCCCCCCCCCCCCC(=O)OCC(COC(=O)CCCCCCC/C=C\CCCCCCCC)OC(=O)CCCCCCCCC/C=C\C/C=C\C/C=C\CC. The molecule has 478 valence electrons. The molecule has 0 aliphatic carbocycles. The zero-order chi connectivity index (χ0) is 59.9. The Kier molecular flexibility index (Phi) is 67.7. The lowest BCUT2D eigenvalue weighted by Gasteiger charge is -2.18. The second kappa shape index (κ2) is 70.8. The smallest absolute Gasteiger partial charge is 0.306 e. The molecule has 0 spiro atoms. The van der Waals surface area contributed by atoms with E-state index < -0.39 is 6.10 Å². The van der Waals surface area contributed by atoms with Crippen molar-refractivity contribution >= 4 is 17.9 Å². The second-order valence-electron chi connectivity index (χ2n) is 23.7. The standard InChI is InChI=1S/C77H134O6/c1-4-7-10-13-16-19-22-25-28-30-31-32-33-34-35-36-37-38-39-40-41-42-43-44-45-47-49-52-55-58-61-64-67-70-76(79)82-73-74(72-81-75(78)69-66-63-60-57-54-51-48-27-24-21-18-15-12-9-6-3)83-77(80)71-68-65-62-59-56-53-50-46-29-26-23-20-17-14-11-8-5-2/h7-8,10-11,16-17,19-20,25-29,31-32,48,74H,4-6,9,12-15,18,21-24,30,33-47,49-73H2,1-3H3/b10-7-,11-8-,19-16-,20-17-,28-25-,29-26-,32-31-,48-27-. The maximum absolute atomic E-state index is 12.9. The van der Waals surface area contributed by atoms with E-state index in [0.717, 1.165) is 116 Å². The Bertz CT molecular complexity index is 1610. The van der Waals surface area contributed by atoms with Gasteiger partial charge < -0.3 is 14.2 Å². The number of rotatable bonds is 65. The van der Waals surface area contributed by atoms with Crippen LogP contribution in [0.15, 0.2) is 97.2 Å². The Morgan fingerprint density at radius 1 is 0.253 bits per heavy atom. The van der Waals surface area contributed by atoms with E-state index in [2.05, 4.69) is 118 Å². The van der Waals surface area contributed by atoms with E-state index in [-0.39, 0.29) is 31.1 Å². The Morgan fingerprint density at radius 3 is 0.747 bits per heavy atom. The van der Waals surface area contributed by atoms with Gasteiger partial charge in [0.2, 0.25) is 0 Å². The van der Waals surface area contributed by atoms with Gasteiger partial charge in [0, 0.05) is 19.3 Å².